The van der Waals surface area contributed by atoms with E-state index in [2.05, 4.69) is 4.98 Å². The molecule has 3 N–H and O–H groups in total. The highest BCUT2D eigenvalue weighted by Gasteiger charge is 2.39. The van der Waals surface area contributed by atoms with Gasteiger partial charge in [0.15, 0.2) is 0 Å². The number of hydrogen-bond acceptors (Lipinski definition) is 4. The Morgan fingerprint density at radius 2 is 1.92 bits per heavy atom. The molecule has 0 saturated carbocycles. The van der Waals surface area contributed by atoms with Crippen molar-refractivity contribution in [1.29, 1.82) is 0 Å². The van der Waals surface area contributed by atoms with Crippen molar-refractivity contribution in [3.8, 4) is 5.75 Å². The van der Waals surface area contributed by atoms with E-state index in [1.807, 2.05) is 41.0 Å². The van der Waals surface area contributed by atoms with Crippen molar-refractivity contribution in [2.24, 2.45) is 17.6 Å². The van der Waals surface area contributed by atoms with Gasteiger partial charge in [0.2, 0.25) is 5.91 Å². The van der Waals surface area contributed by atoms with Crippen LogP contribution in [-0.2, 0) is 11.2 Å². The third-order valence-electron chi connectivity index (χ3n) is 7.74. The van der Waals surface area contributed by atoms with Crippen molar-refractivity contribution >= 4 is 16.8 Å². The molecule has 37 heavy (non-hydrogen) atoms. The fraction of sp³-hybridized carbons (Fsp3) is 0.464. The second-order valence-corrected chi connectivity index (χ2v) is 10.4. The van der Waals surface area contributed by atoms with Crippen LogP contribution in [0, 0.1) is 23.5 Å². The van der Waals surface area contributed by atoms with Gasteiger partial charge >= 0.3 is 0 Å². The molecule has 1 aromatic heterocycles. The average molecular weight is 515 g/mol. The van der Waals surface area contributed by atoms with E-state index in [9.17, 15) is 9.18 Å². The topological polar surface area (TPSA) is 74.6 Å². The Bertz CT molecular complexity index is 1270. The van der Waals surface area contributed by atoms with E-state index in [0.29, 0.717) is 26.1 Å². The number of amides is 1. The summed E-state index contributed by atoms with van der Waals surface area (Å²) in [6.45, 7) is 5.84. The summed E-state index contributed by atoms with van der Waals surface area (Å²) < 4.78 is 49.7. The first-order chi connectivity index (χ1) is 17.8. The molecule has 5 rings (SSSR count). The van der Waals surface area contributed by atoms with Crippen LogP contribution in [-0.4, -0.2) is 66.2 Å². The van der Waals surface area contributed by atoms with Gasteiger partial charge < -0.3 is 15.5 Å². The Labute approximate surface area is 214 Å². The van der Waals surface area contributed by atoms with Crippen LogP contribution >= 0.6 is 0 Å². The molecule has 3 aromatic rings. The minimum atomic E-state index is -0.763. The number of likely N-dealkylation sites (tertiary alicyclic amines) is 1. The zero-order chi connectivity index (χ0) is 26.3. The van der Waals surface area contributed by atoms with Gasteiger partial charge in [-0.05, 0) is 25.0 Å². The third kappa shape index (κ3) is 4.94. The van der Waals surface area contributed by atoms with E-state index < -0.39 is 29.5 Å². The van der Waals surface area contributed by atoms with Crippen LogP contribution in [0.4, 0.5) is 13.2 Å². The second-order valence-electron chi connectivity index (χ2n) is 10.4. The SMILES string of the molecule is CC(CN1[C@H](c2c(F)cc(OCCN3CC(CF)C3)cc2F)c2[nH]c3ccccc3c2C[C@H]1C)C(N)=O. The van der Waals surface area contributed by atoms with E-state index in [-0.39, 0.29) is 43.1 Å². The molecule has 0 spiro atoms. The van der Waals surface area contributed by atoms with Crippen LogP contribution < -0.4 is 10.5 Å². The molecule has 2 aromatic carbocycles. The maximum Gasteiger partial charge on any atom is 0.221 e. The van der Waals surface area contributed by atoms with Crippen LogP contribution in [0.2, 0.25) is 0 Å². The standard InChI is InChI=1S/C28H33F3N4O2/c1-16(28(32)36)13-35-17(2)9-21-20-5-3-4-6-24(20)33-26(21)27(35)25-22(30)10-19(11-23(25)31)37-8-7-34-14-18(12-29)15-34/h3-6,10-11,16-18,27,33H,7-9,12-15H2,1-2H3,(H2,32,36)/t16?,17-,27-/m1/s1. The quantitative estimate of drug-likeness (QED) is 0.449. The maximum atomic E-state index is 15.7. The molecule has 9 heteroatoms. The number of nitrogens with zero attached hydrogens (tertiary/aromatic N) is 2. The fourth-order valence-corrected chi connectivity index (χ4v) is 5.66. The number of para-hydroxylation sites is 1. The number of primary amides is 1. The first-order valence-electron chi connectivity index (χ1n) is 12.8. The summed E-state index contributed by atoms with van der Waals surface area (Å²) in [6.07, 6.45) is 0.672. The van der Waals surface area contributed by atoms with Gasteiger partial charge in [0.25, 0.3) is 0 Å². The van der Waals surface area contributed by atoms with Gasteiger partial charge in [-0.15, -0.1) is 0 Å². The smallest absolute Gasteiger partial charge is 0.221 e. The molecule has 1 fully saturated rings. The summed E-state index contributed by atoms with van der Waals surface area (Å²) in [7, 11) is 0. The van der Waals surface area contributed by atoms with E-state index in [1.54, 1.807) is 6.92 Å². The number of nitrogens with one attached hydrogen (secondary N) is 1. The van der Waals surface area contributed by atoms with E-state index in [4.69, 9.17) is 10.5 Å². The van der Waals surface area contributed by atoms with Gasteiger partial charge in [-0.2, -0.15) is 0 Å². The number of fused-ring (bicyclic) bond motifs is 3. The summed E-state index contributed by atoms with van der Waals surface area (Å²) in [6, 6.07) is 9.41. The zero-order valence-electron chi connectivity index (χ0n) is 21.1. The first kappa shape index (κ1) is 25.6. The molecule has 1 amide bonds. The summed E-state index contributed by atoms with van der Waals surface area (Å²) >= 11 is 0. The molecule has 3 atom stereocenters. The molecular formula is C28H33F3N4O2. The highest BCUT2D eigenvalue weighted by Crippen LogP contribution is 2.43. The lowest BCUT2D eigenvalue weighted by Crippen LogP contribution is -2.49. The maximum absolute atomic E-state index is 15.7. The van der Waals surface area contributed by atoms with Gasteiger partial charge in [-0.25, -0.2) is 8.78 Å². The molecule has 6 nitrogen and oxygen atoms in total. The molecular weight excluding hydrogens is 481 g/mol. The summed E-state index contributed by atoms with van der Waals surface area (Å²) in [5.41, 5.74) is 8.12. The van der Waals surface area contributed by atoms with E-state index in [0.717, 1.165) is 22.2 Å². The number of halogens is 3. The van der Waals surface area contributed by atoms with Gasteiger partial charge in [-0.1, -0.05) is 25.1 Å². The monoisotopic (exact) mass is 514 g/mol. The normalized spacial score (nSPS) is 21.5. The van der Waals surface area contributed by atoms with Crippen LogP contribution in [0.15, 0.2) is 36.4 Å². The van der Waals surface area contributed by atoms with Gasteiger partial charge in [0.1, 0.15) is 24.0 Å². The molecule has 198 valence electrons. The van der Waals surface area contributed by atoms with Gasteiger partial charge in [0, 0.05) is 78.3 Å². The van der Waals surface area contributed by atoms with Crippen molar-refractivity contribution in [1.82, 2.24) is 14.8 Å². The van der Waals surface area contributed by atoms with Crippen molar-refractivity contribution in [3.05, 3.63) is 64.9 Å². The molecule has 3 heterocycles. The highest BCUT2D eigenvalue weighted by atomic mass is 19.1. The van der Waals surface area contributed by atoms with Gasteiger partial charge in [0.05, 0.1) is 12.7 Å². The minimum Gasteiger partial charge on any atom is -0.492 e. The number of aromatic amines is 1. The second kappa shape index (κ2) is 10.4. The Balaban J connectivity index is 1.47. The number of ether oxygens (including phenoxy) is 1. The molecule has 0 radical (unpaired) electrons. The largest absolute Gasteiger partial charge is 0.492 e. The molecule has 1 unspecified atom stereocenters. The third-order valence-corrected chi connectivity index (χ3v) is 7.74. The lowest BCUT2D eigenvalue weighted by atomic mass is 9.87. The van der Waals surface area contributed by atoms with Crippen LogP contribution in [0.3, 0.4) is 0 Å². The molecule has 0 aliphatic carbocycles. The van der Waals surface area contributed by atoms with Crippen LogP contribution in [0.5, 0.6) is 5.75 Å². The molecule has 1 saturated heterocycles. The van der Waals surface area contributed by atoms with Crippen LogP contribution in [0.1, 0.15) is 36.7 Å². The number of hydrogen-bond donors (Lipinski definition) is 2. The van der Waals surface area contributed by atoms with Crippen LogP contribution in [0.25, 0.3) is 10.9 Å². The van der Waals surface area contributed by atoms with E-state index in [1.165, 1.54) is 12.1 Å². The number of H-pyrrole nitrogens is 1. The average Bonchev–Trinajstić information content (AvgIpc) is 3.19. The Morgan fingerprint density at radius 1 is 1.22 bits per heavy atom. The lowest BCUT2D eigenvalue weighted by Gasteiger charge is -2.42. The number of rotatable bonds is 9. The zero-order valence-corrected chi connectivity index (χ0v) is 21.1. The first-order valence-corrected chi connectivity index (χ1v) is 12.8. The summed E-state index contributed by atoms with van der Waals surface area (Å²) in [5.74, 6) is -2.20. The number of benzene rings is 2. The predicted molar refractivity (Wildman–Crippen MR) is 136 cm³/mol. The van der Waals surface area contributed by atoms with Crippen molar-refractivity contribution in [2.75, 3.05) is 39.5 Å². The lowest BCUT2D eigenvalue weighted by molar-refractivity contribution is -0.122. The minimum absolute atomic E-state index is 0.0711. The number of aromatic nitrogens is 1. The summed E-state index contributed by atoms with van der Waals surface area (Å²) in [5, 5.41) is 1.03. The fourth-order valence-electron chi connectivity index (χ4n) is 5.66. The predicted octanol–water partition coefficient (Wildman–Crippen LogP) is 4.18. The summed E-state index contributed by atoms with van der Waals surface area (Å²) in [4.78, 5) is 19.3. The van der Waals surface area contributed by atoms with Crippen molar-refractivity contribution in [2.45, 2.75) is 32.4 Å². The molecule has 2 aliphatic heterocycles. The highest BCUT2D eigenvalue weighted by molar-refractivity contribution is 5.85. The number of carbonyl (C=O) groups is 1. The molecule has 2 aliphatic rings. The number of carbonyl (C=O) groups excluding carboxylic acids is 1. The Morgan fingerprint density at radius 3 is 2.59 bits per heavy atom. The number of nitrogens with two attached hydrogens (primary N) is 1. The molecule has 0 bridgehead atoms. The van der Waals surface area contributed by atoms with Crippen molar-refractivity contribution in [3.63, 3.8) is 0 Å². The van der Waals surface area contributed by atoms with Gasteiger partial charge in [-0.3, -0.25) is 19.0 Å². The number of alkyl halides is 1. The Hall–Kier alpha value is -3.04. The van der Waals surface area contributed by atoms with E-state index >= 15 is 8.78 Å². The Kier molecular flexibility index (Phi) is 7.18. The van der Waals surface area contributed by atoms with Crippen molar-refractivity contribution < 1.29 is 22.7 Å².